The van der Waals surface area contributed by atoms with Crippen molar-refractivity contribution in [1.29, 1.82) is 5.26 Å². The maximum atomic E-state index is 13.4. The van der Waals surface area contributed by atoms with E-state index in [1.54, 1.807) is 19.2 Å². The molecule has 0 unspecified atom stereocenters. The van der Waals surface area contributed by atoms with Gasteiger partial charge in [0.05, 0.1) is 12.7 Å². The Labute approximate surface area is 111 Å². The Balaban J connectivity index is 2.06. The van der Waals surface area contributed by atoms with Crippen molar-refractivity contribution in [2.75, 3.05) is 12.4 Å². The average Bonchev–Trinajstić information content (AvgIpc) is 2.45. The third-order valence-electron chi connectivity index (χ3n) is 2.72. The highest BCUT2D eigenvalue weighted by molar-refractivity contribution is 5.48. The van der Waals surface area contributed by atoms with E-state index in [1.807, 2.05) is 24.3 Å². The molecule has 0 bridgehead atoms. The van der Waals surface area contributed by atoms with Crippen LogP contribution in [0.3, 0.4) is 0 Å². The molecule has 2 rings (SSSR count). The summed E-state index contributed by atoms with van der Waals surface area (Å²) in [5.41, 5.74) is 1.72. The largest absolute Gasteiger partial charge is 0.497 e. The van der Waals surface area contributed by atoms with E-state index in [4.69, 9.17) is 10.00 Å². The lowest BCUT2D eigenvalue weighted by Gasteiger charge is -2.08. The third-order valence-corrected chi connectivity index (χ3v) is 2.72. The summed E-state index contributed by atoms with van der Waals surface area (Å²) in [6.07, 6.45) is 0. The van der Waals surface area contributed by atoms with Gasteiger partial charge < -0.3 is 10.1 Å². The van der Waals surface area contributed by atoms with Crippen LogP contribution in [0.15, 0.2) is 42.5 Å². The molecule has 0 radical (unpaired) electrons. The van der Waals surface area contributed by atoms with E-state index in [2.05, 4.69) is 5.32 Å². The number of hydrogen-bond donors (Lipinski definition) is 1. The molecular formula is C15H13FN2O. The number of ether oxygens (including phenoxy) is 1. The minimum Gasteiger partial charge on any atom is -0.497 e. The quantitative estimate of drug-likeness (QED) is 0.912. The molecule has 3 nitrogen and oxygen atoms in total. The van der Waals surface area contributed by atoms with Crippen molar-refractivity contribution >= 4 is 5.69 Å². The molecule has 0 aromatic heterocycles. The number of nitrogens with zero attached hydrogens (tertiary/aromatic N) is 1. The molecule has 0 atom stereocenters. The highest BCUT2D eigenvalue weighted by atomic mass is 19.1. The predicted octanol–water partition coefficient (Wildman–Crippen LogP) is 3.32. The van der Waals surface area contributed by atoms with Crippen molar-refractivity contribution in [3.05, 3.63) is 59.4 Å². The number of benzene rings is 2. The summed E-state index contributed by atoms with van der Waals surface area (Å²) in [5.74, 6) is 0.267. The van der Waals surface area contributed by atoms with Crippen LogP contribution in [0.2, 0.25) is 0 Å². The summed E-state index contributed by atoms with van der Waals surface area (Å²) in [5, 5.41) is 11.8. The van der Waals surface area contributed by atoms with Gasteiger partial charge in [-0.3, -0.25) is 0 Å². The summed E-state index contributed by atoms with van der Waals surface area (Å²) < 4.78 is 18.5. The Bertz CT molecular complexity index is 620. The fourth-order valence-electron chi connectivity index (χ4n) is 1.70. The Morgan fingerprint density at radius 3 is 2.79 bits per heavy atom. The summed E-state index contributed by atoms with van der Waals surface area (Å²) in [4.78, 5) is 0. The number of methoxy groups -OCH3 is 1. The lowest BCUT2D eigenvalue weighted by molar-refractivity contribution is 0.414. The molecule has 0 spiro atoms. The van der Waals surface area contributed by atoms with Crippen molar-refractivity contribution in [2.24, 2.45) is 0 Å². The zero-order valence-electron chi connectivity index (χ0n) is 10.5. The Hall–Kier alpha value is -2.54. The standard InChI is InChI=1S/C15H13FN2O/c1-19-14-4-2-3-11(7-14)10-18-13-6-5-12(9-17)15(16)8-13/h2-8,18H,10H2,1H3. The van der Waals surface area contributed by atoms with Crippen LogP contribution >= 0.6 is 0 Å². The van der Waals surface area contributed by atoms with E-state index >= 15 is 0 Å². The van der Waals surface area contributed by atoms with Crippen LogP contribution in [0.4, 0.5) is 10.1 Å². The molecule has 0 saturated heterocycles. The highest BCUT2D eigenvalue weighted by Gasteiger charge is 2.02. The van der Waals surface area contributed by atoms with Crippen molar-refractivity contribution in [2.45, 2.75) is 6.54 Å². The van der Waals surface area contributed by atoms with E-state index in [-0.39, 0.29) is 5.56 Å². The molecule has 1 N–H and O–H groups in total. The molecule has 0 heterocycles. The van der Waals surface area contributed by atoms with Crippen molar-refractivity contribution in [3.8, 4) is 11.8 Å². The van der Waals surface area contributed by atoms with E-state index < -0.39 is 5.82 Å². The van der Waals surface area contributed by atoms with Gasteiger partial charge >= 0.3 is 0 Å². The molecule has 2 aromatic carbocycles. The van der Waals surface area contributed by atoms with Crippen molar-refractivity contribution in [1.82, 2.24) is 0 Å². The van der Waals surface area contributed by atoms with Gasteiger partial charge in [-0.1, -0.05) is 12.1 Å². The second-order valence-electron chi connectivity index (χ2n) is 4.01. The van der Waals surface area contributed by atoms with Crippen LogP contribution in [0.1, 0.15) is 11.1 Å². The number of nitriles is 1. The zero-order chi connectivity index (χ0) is 13.7. The minimum absolute atomic E-state index is 0.0481. The van der Waals surface area contributed by atoms with Gasteiger partial charge in [-0.05, 0) is 35.9 Å². The minimum atomic E-state index is -0.516. The molecule has 0 amide bonds. The fraction of sp³-hybridized carbons (Fsp3) is 0.133. The third kappa shape index (κ3) is 3.23. The second-order valence-corrected chi connectivity index (χ2v) is 4.01. The summed E-state index contributed by atoms with van der Waals surface area (Å²) in [6, 6.07) is 13.9. The second kappa shape index (κ2) is 5.87. The van der Waals surface area contributed by atoms with Gasteiger partial charge in [-0.2, -0.15) is 5.26 Å². The maximum absolute atomic E-state index is 13.4. The summed E-state index contributed by atoms with van der Waals surface area (Å²) >= 11 is 0. The van der Waals surface area contributed by atoms with Crippen LogP contribution < -0.4 is 10.1 Å². The number of anilines is 1. The lowest BCUT2D eigenvalue weighted by Crippen LogP contribution is -2.00. The van der Waals surface area contributed by atoms with Crippen LogP contribution in [0, 0.1) is 17.1 Å². The summed E-state index contributed by atoms with van der Waals surface area (Å²) in [6.45, 7) is 0.558. The molecule has 0 aliphatic heterocycles. The monoisotopic (exact) mass is 256 g/mol. The molecule has 19 heavy (non-hydrogen) atoms. The molecule has 4 heteroatoms. The van der Waals surface area contributed by atoms with Crippen LogP contribution in [-0.4, -0.2) is 7.11 Å². The molecule has 0 saturated carbocycles. The molecular weight excluding hydrogens is 243 g/mol. The van der Waals surface area contributed by atoms with Gasteiger partial charge in [0.15, 0.2) is 0 Å². The molecule has 96 valence electrons. The zero-order valence-corrected chi connectivity index (χ0v) is 10.5. The van der Waals surface area contributed by atoms with Crippen LogP contribution in [0.5, 0.6) is 5.75 Å². The smallest absolute Gasteiger partial charge is 0.143 e. The maximum Gasteiger partial charge on any atom is 0.143 e. The van der Waals surface area contributed by atoms with E-state index in [9.17, 15) is 4.39 Å². The number of hydrogen-bond acceptors (Lipinski definition) is 3. The van der Waals surface area contributed by atoms with E-state index in [0.717, 1.165) is 11.3 Å². The number of nitrogens with one attached hydrogen (secondary N) is 1. The predicted molar refractivity (Wildman–Crippen MR) is 71.4 cm³/mol. The molecule has 2 aromatic rings. The van der Waals surface area contributed by atoms with E-state index in [1.165, 1.54) is 12.1 Å². The molecule has 0 aliphatic rings. The first-order chi connectivity index (χ1) is 9.22. The normalized spacial score (nSPS) is 9.74. The van der Waals surface area contributed by atoms with Gasteiger partial charge in [0.2, 0.25) is 0 Å². The first-order valence-electron chi connectivity index (χ1n) is 5.79. The van der Waals surface area contributed by atoms with Gasteiger partial charge in [0, 0.05) is 12.2 Å². The average molecular weight is 256 g/mol. The number of rotatable bonds is 4. The van der Waals surface area contributed by atoms with E-state index in [0.29, 0.717) is 12.2 Å². The van der Waals surface area contributed by atoms with Gasteiger partial charge in [0.1, 0.15) is 17.6 Å². The van der Waals surface area contributed by atoms with Crippen LogP contribution in [0.25, 0.3) is 0 Å². The number of halogens is 1. The first kappa shape index (κ1) is 12.9. The SMILES string of the molecule is COc1cccc(CNc2ccc(C#N)c(F)c2)c1. The Morgan fingerprint density at radius 2 is 2.11 bits per heavy atom. The van der Waals surface area contributed by atoms with Gasteiger partial charge in [-0.15, -0.1) is 0 Å². The fourth-order valence-corrected chi connectivity index (χ4v) is 1.70. The Kier molecular flexibility index (Phi) is 3.99. The van der Waals surface area contributed by atoms with Gasteiger partial charge in [-0.25, -0.2) is 4.39 Å². The topological polar surface area (TPSA) is 45.0 Å². The molecule has 0 fully saturated rings. The van der Waals surface area contributed by atoms with Crippen molar-refractivity contribution in [3.63, 3.8) is 0 Å². The molecule has 0 aliphatic carbocycles. The Morgan fingerprint density at radius 1 is 1.26 bits per heavy atom. The van der Waals surface area contributed by atoms with Crippen molar-refractivity contribution < 1.29 is 9.13 Å². The van der Waals surface area contributed by atoms with Crippen LogP contribution in [-0.2, 0) is 6.54 Å². The lowest BCUT2D eigenvalue weighted by atomic mass is 10.2. The van der Waals surface area contributed by atoms with Gasteiger partial charge in [0.25, 0.3) is 0 Å². The highest BCUT2D eigenvalue weighted by Crippen LogP contribution is 2.17. The first-order valence-corrected chi connectivity index (χ1v) is 5.79. The summed E-state index contributed by atoms with van der Waals surface area (Å²) in [7, 11) is 1.61.